The number of aromatic nitrogens is 2. The zero-order chi connectivity index (χ0) is 15.7. The van der Waals surface area contributed by atoms with Gasteiger partial charge in [-0.2, -0.15) is 0 Å². The summed E-state index contributed by atoms with van der Waals surface area (Å²) in [5, 5.41) is 2.48. The monoisotopic (exact) mass is 301 g/mol. The van der Waals surface area contributed by atoms with Crippen molar-refractivity contribution in [2.24, 2.45) is 0 Å². The molecule has 0 atom stereocenters. The average Bonchev–Trinajstić information content (AvgIpc) is 2.89. The number of benzene rings is 1. The van der Waals surface area contributed by atoms with Crippen molar-refractivity contribution < 1.29 is 13.6 Å². The van der Waals surface area contributed by atoms with E-state index in [4.69, 9.17) is 0 Å². The number of hydrogen-bond donors (Lipinski definition) is 1. The second-order valence-electron chi connectivity index (χ2n) is 4.93. The van der Waals surface area contributed by atoms with Gasteiger partial charge in [0.2, 0.25) is 0 Å². The molecule has 0 spiro atoms. The van der Waals surface area contributed by atoms with Crippen LogP contribution in [-0.4, -0.2) is 15.3 Å². The fourth-order valence-electron chi connectivity index (χ4n) is 2.26. The number of imidazole rings is 1. The van der Waals surface area contributed by atoms with Crippen molar-refractivity contribution >= 4 is 11.6 Å². The van der Waals surface area contributed by atoms with E-state index in [1.807, 2.05) is 29.7 Å². The Labute approximate surface area is 125 Å². The van der Waals surface area contributed by atoms with Gasteiger partial charge in [0.15, 0.2) is 0 Å². The van der Waals surface area contributed by atoms with Gasteiger partial charge in [-0.1, -0.05) is 12.1 Å². The van der Waals surface area contributed by atoms with Crippen LogP contribution in [0.4, 0.5) is 8.78 Å². The Morgan fingerprint density at radius 3 is 2.64 bits per heavy atom. The molecule has 0 saturated carbocycles. The molecule has 6 heteroatoms. The van der Waals surface area contributed by atoms with E-state index in [9.17, 15) is 13.6 Å². The third-order valence-electron chi connectivity index (χ3n) is 3.35. The predicted molar refractivity (Wildman–Crippen MR) is 77.5 cm³/mol. The highest BCUT2D eigenvalue weighted by atomic mass is 19.1. The van der Waals surface area contributed by atoms with Crippen LogP contribution in [0.1, 0.15) is 21.6 Å². The van der Waals surface area contributed by atoms with E-state index in [0.29, 0.717) is 5.69 Å². The quantitative estimate of drug-likeness (QED) is 0.808. The molecule has 0 unspecified atom stereocenters. The highest BCUT2D eigenvalue weighted by Gasteiger charge is 2.17. The molecule has 3 aromatic rings. The summed E-state index contributed by atoms with van der Waals surface area (Å²) in [7, 11) is 0. The van der Waals surface area contributed by atoms with Crippen molar-refractivity contribution in [3.8, 4) is 0 Å². The fraction of sp³-hybridized carbons (Fsp3) is 0.125. The number of halogens is 2. The molecule has 0 aliphatic rings. The van der Waals surface area contributed by atoms with Crippen LogP contribution < -0.4 is 5.32 Å². The Kier molecular flexibility index (Phi) is 3.58. The predicted octanol–water partition coefficient (Wildman–Crippen LogP) is 2.85. The molecule has 0 radical (unpaired) electrons. The van der Waals surface area contributed by atoms with E-state index in [-0.39, 0.29) is 6.54 Å². The third-order valence-corrected chi connectivity index (χ3v) is 3.35. The van der Waals surface area contributed by atoms with Crippen LogP contribution in [0.15, 0.2) is 42.7 Å². The molecule has 0 fully saturated rings. The van der Waals surface area contributed by atoms with Gasteiger partial charge in [0.05, 0.1) is 12.2 Å². The Hall–Kier alpha value is -2.76. The first-order valence-corrected chi connectivity index (χ1v) is 6.71. The topological polar surface area (TPSA) is 46.4 Å². The standard InChI is InChI=1S/C16H13F2N3O/c1-10-4-3-7-21-9-11(20-15(10)21)8-19-16(22)14-12(17)5-2-6-13(14)18/h2-7,9H,8H2,1H3,(H,19,22). The number of rotatable bonds is 3. The van der Waals surface area contributed by atoms with E-state index in [0.717, 1.165) is 23.3 Å². The number of aryl methyl sites for hydroxylation is 1. The van der Waals surface area contributed by atoms with Crippen molar-refractivity contribution in [1.29, 1.82) is 0 Å². The zero-order valence-electron chi connectivity index (χ0n) is 11.8. The minimum Gasteiger partial charge on any atom is -0.346 e. The molecular weight excluding hydrogens is 288 g/mol. The van der Waals surface area contributed by atoms with Gasteiger partial charge in [0.25, 0.3) is 5.91 Å². The Balaban J connectivity index is 1.79. The summed E-state index contributed by atoms with van der Waals surface area (Å²) in [6, 6.07) is 7.13. The van der Waals surface area contributed by atoms with Gasteiger partial charge >= 0.3 is 0 Å². The van der Waals surface area contributed by atoms with Crippen molar-refractivity contribution in [3.05, 3.63) is 71.2 Å². The van der Waals surface area contributed by atoms with Crippen LogP contribution >= 0.6 is 0 Å². The highest BCUT2D eigenvalue weighted by molar-refractivity contribution is 5.94. The summed E-state index contributed by atoms with van der Waals surface area (Å²) in [5.41, 5.74) is 1.81. The van der Waals surface area contributed by atoms with Crippen molar-refractivity contribution in [2.75, 3.05) is 0 Å². The van der Waals surface area contributed by atoms with Crippen molar-refractivity contribution in [1.82, 2.24) is 14.7 Å². The van der Waals surface area contributed by atoms with Crippen LogP contribution in [0.2, 0.25) is 0 Å². The number of carbonyl (C=O) groups is 1. The number of carbonyl (C=O) groups excluding carboxylic acids is 1. The summed E-state index contributed by atoms with van der Waals surface area (Å²) >= 11 is 0. The summed E-state index contributed by atoms with van der Waals surface area (Å²) in [6.07, 6.45) is 3.61. The van der Waals surface area contributed by atoms with Crippen LogP contribution in [0.3, 0.4) is 0 Å². The molecule has 1 aromatic carbocycles. The SMILES string of the molecule is Cc1cccn2cc(CNC(=O)c3c(F)cccc3F)nc12. The van der Waals surface area contributed by atoms with Gasteiger partial charge in [-0.3, -0.25) is 4.79 Å². The number of pyridine rings is 1. The molecule has 2 heterocycles. The molecule has 4 nitrogen and oxygen atoms in total. The molecule has 3 rings (SSSR count). The van der Waals surface area contributed by atoms with Gasteiger partial charge < -0.3 is 9.72 Å². The number of nitrogens with zero attached hydrogens (tertiary/aromatic N) is 2. The number of hydrogen-bond acceptors (Lipinski definition) is 2. The summed E-state index contributed by atoms with van der Waals surface area (Å²) in [6.45, 7) is 2.02. The number of amides is 1. The summed E-state index contributed by atoms with van der Waals surface area (Å²) in [4.78, 5) is 16.3. The Morgan fingerprint density at radius 1 is 1.23 bits per heavy atom. The maximum atomic E-state index is 13.5. The molecule has 0 aliphatic heterocycles. The number of fused-ring (bicyclic) bond motifs is 1. The molecule has 22 heavy (non-hydrogen) atoms. The number of nitrogens with one attached hydrogen (secondary N) is 1. The first-order valence-electron chi connectivity index (χ1n) is 6.71. The van der Waals surface area contributed by atoms with E-state index in [1.165, 1.54) is 6.07 Å². The largest absolute Gasteiger partial charge is 0.346 e. The second-order valence-corrected chi connectivity index (χ2v) is 4.93. The van der Waals surface area contributed by atoms with E-state index in [2.05, 4.69) is 10.3 Å². The third kappa shape index (κ3) is 2.55. The normalized spacial score (nSPS) is 10.9. The fourth-order valence-corrected chi connectivity index (χ4v) is 2.26. The highest BCUT2D eigenvalue weighted by Crippen LogP contribution is 2.13. The van der Waals surface area contributed by atoms with E-state index >= 15 is 0 Å². The Bertz CT molecular complexity index is 837. The van der Waals surface area contributed by atoms with E-state index in [1.54, 1.807) is 6.20 Å². The maximum absolute atomic E-state index is 13.5. The van der Waals surface area contributed by atoms with Gasteiger partial charge in [-0.05, 0) is 30.7 Å². The first kappa shape index (κ1) is 14.2. The van der Waals surface area contributed by atoms with Crippen LogP contribution in [0, 0.1) is 18.6 Å². The maximum Gasteiger partial charge on any atom is 0.257 e. The molecule has 1 amide bonds. The minimum atomic E-state index is -0.886. The Morgan fingerprint density at radius 2 is 1.95 bits per heavy atom. The lowest BCUT2D eigenvalue weighted by Gasteiger charge is -2.05. The summed E-state index contributed by atoms with van der Waals surface area (Å²) in [5.74, 6) is -2.57. The molecule has 1 N–H and O–H groups in total. The minimum absolute atomic E-state index is 0.0910. The summed E-state index contributed by atoms with van der Waals surface area (Å²) < 4.78 is 28.9. The zero-order valence-corrected chi connectivity index (χ0v) is 11.8. The molecular formula is C16H13F2N3O. The lowest BCUT2D eigenvalue weighted by molar-refractivity contribution is 0.0942. The molecule has 0 aliphatic carbocycles. The van der Waals surface area contributed by atoms with Crippen LogP contribution in [-0.2, 0) is 6.54 Å². The molecule has 2 aromatic heterocycles. The van der Waals surface area contributed by atoms with E-state index < -0.39 is 23.1 Å². The van der Waals surface area contributed by atoms with Crippen molar-refractivity contribution in [3.63, 3.8) is 0 Å². The second kappa shape index (κ2) is 5.55. The molecule has 0 bridgehead atoms. The van der Waals surface area contributed by atoms with Crippen molar-refractivity contribution in [2.45, 2.75) is 13.5 Å². The lowest BCUT2D eigenvalue weighted by atomic mass is 10.2. The van der Waals surface area contributed by atoms with Gasteiger partial charge in [0, 0.05) is 12.4 Å². The van der Waals surface area contributed by atoms with Gasteiger partial charge in [-0.15, -0.1) is 0 Å². The van der Waals surface area contributed by atoms with Gasteiger partial charge in [0.1, 0.15) is 22.8 Å². The molecule has 112 valence electrons. The van der Waals surface area contributed by atoms with Crippen LogP contribution in [0.5, 0.6) is 0 Å². The first-order chi connectivity index (χ1) is 10.6. The lowest BCUT2D eigenvalue weighted by Crippen LogP contribution is -2.25. The van der Waals surface area contributed by atoms with Crippen LogP contribution in [0.25, 0.3) is 5.65 Å². The smallest absolute Gasteiger partial charge is 0.257 e. The molecule has 0 saturated heterocycles. The average molecular weight is 301 g/mol. The van der Waals surface area contributed by atoms with Gasteiger partial charge in [-0.25, -0.2) is 13.8 Å².